The fourth-order valence-corrected chi connectivity index (χ4v) is 7.48. The molecule has 16 nitrogen and oxygen atoms in total. The minimum Gasteiger partial charge on any atom is -0.493 e. The molecule has 2 aliphatic heterocycles. The van der Waals surface area contributed by atoms with E-state index in [9.17, 15) is 14.4 Å². The lowest BCUT2D eigenvalue weighted by atomic mass is 10.1. The Balaban J connectivity index is 0.000000221. The van der Waals surface area contributed by atoms with Gasteiger partial charge in [0.2, 0.25) is 11.9 Å². The first kappa shape index (κ1) is 52.4. The zero-order chi connectivity index (χ0) is 50.0. The van der Waals surface area contributed by atoms with Crippen LogP contribution in [0.5, 0.6) is 11.5 Å². The molecule has 0 radical (unpaired) electrons. The molecule has 0 spiro atoms. The molecular formula is C52H60Cl2N10O6. The summed E-state index contributed by atoms with van der Waals surface area (Å²) in [7, 11) is 0. The van der Waals surface area contributed by atoms with Gasteiger partial charge in [0.05, 0.1) is 30.6 Å². The van der Waals surface area contributed by atoms with Crippen LogP contribution >= 0.6 is 23.2 Å². The standard InChI is InChI=1S/C28H33N5O4.C23H25N5O2.CH2Cl2/c1-19(20-8-6-5-7-9-20)31-26-29-14-12-24(32-26)33(16-15-30-27(35)37-28(2,3)4)25(34)22-10-11-23-21(18-22)13-17-36-23;1-16(17-5-3-2-4-6-17)26-23-25-12-9-21(27-23)28(13-11-24)22(29)19-7-8-20-18(15-19)10-14-30-20;2-1-3/h5-12,14,18-19H,13,15-17H2,1-4H3,(H,30,35)(H,29,31,32);2-9,12,15-16H,10-11,13-14,24H2,1H3,(H,25,26,27);1H2/t19-;16-;/m00./s1. The Bertz CT molecular complexity index is 2660. The van der Waals surface area contributed by atoms with Gasteiger partial charge in [0, 0.05) is 62.5 Å². The highest BCUT2D eigenvalue weighted by atomic mass is 35.5. The number of hydrogen-bond acceptors (Lipinski definition) is 13. The Hall–Kier alpha value is -7.01. The molecule has 2 atom stereocenters. The number of ether oxygens (including phenoxy) is 3. The second-order valence-corrected chi connectivity index (χ2v) is 17.9. The number of halogens is 2. The quantitative estimate of drug-likeness (QED) is 0.0711. The summed E-state index contributed by atoms with van der Waals surface area (Å²) < 4.78 is 16.4. The van der Waals surface area contributed by atoms with Crippen LogP contribution in [-0.2, 0) is 17.6 Å². The molecule has 0 bridgehead atoms. The molecule has 368 valence electrons. The Morgan fingerprint density at radius 1 is 0.686 bits per heavy atom. The Labute approximate surface area is 419 Å². The van der Waals surface area contributed by atoms with Crippen molar-refractivity contribution in [3.05, 3.63) is 155 Å². The first-order valence-corrected chi connectivity index (χ1v) is 24.1. The van der Waals surface area contributed by atoms with E-state index >= 15 is 0 Å². The lowest BCUT2D eigenvalue weighted by Crippen LogP contribution is -2.41. The molecule has 2 aliphatic rings. The van der Waals surface area contributed by atoms with Crippen LogP contribution in [0.2, 0.25) is 0 Å². The fraction of sp³-hybridized carbons (Fsp3) is 0.327. The van der Waals surface area contributed by atoms with E-state index in [1.165, 1.54) is 4.90 Å². The summed E-state index contributed by atoms with van der Waals surface area (Å²) in [4.78, 5) is 60.1. The van der Waals surface area contributed by atoms with Gasteiger partial charge in [0.25, 0.3) is 11.8 Å². The fourth-order valence-electron chi connectivity index (χ4n) is 7.48. The van der Waals surface area contributed by atoms with E-state index in [1.807, 2.05) is 98.8 Å². The van der Waals surface area contributed by atoms with E-state index in [-0.39, 0.29) is 42.3 Å². The lowest BCUT2D eigenvalue weighted by Gasteiger charge is -2.24. The number of carbonyl (C=O) groups excluding carboxylic acids is 3. The van der Waals surface area contributed by atoms with Crippen molar-refractivity contribution >= 4 is 64.6 Å². The Kier molecular flexibility index (Phi) is 19.1. The maximum absolute atomic E-state index is 13.7. The largest absolute Gasteiger partial charge is 0.493 e. The van der Waals surface area contributed by atoms with Crippen LogP contribution < -0.4 is 41.0 Å². The third-order valence-electron chi connectivity index (χ3n) is 10.8. The van der Waals surface area contributed by atoms with Crippen LogP contribution in [0, 0.1) is 0 Å². The number of anilines is 4. The number of amides is 3. The van der Waals surface area contributed by atoms with Gasteiger partial charge in [-0.15, -0.1) is 23.2 Å². The summed E-state index contributed by atoms with van der Waals surface area (Å²) in [6, 6.07) is 34.4. The van der Waals surface area contributed by atoms with E-state index in [0.29, 0.717) is 61.0 Å². The van der Waals surface area contributed by atoms with Crippen LogP contribution in [0.3, 0.4) is 0 Å². The van der Waals surface area contributed by atoms with Gasteiger partial charge >= 0.3 is 6.09 Å². The number of alkyl carbamates (subject to hydrolysis) is 1. The summed E-state index contributed by atoms with van der Waals surface area (Å²) in [5, 5.41) is 9.52. The summed E-state index contributed by atoms with van der Waals surface area (Å²) >= 11 is 9.53. The number of hydrogen-bond donors (Lipinski definition) is 4. The SMILES string of the molecule is C[C@H](Nc1nccc(N(CCN)C(=O)c2ccc3c(c2)CCO3)n1)c1ccccc1.C[C@H](Nc1nccc(N(CCNC(=O)OC(C)(C)C)C(=O)c2ccc3c(c2)CCO3)n1)c1ccccc1.ClCCl. The number of rotatable bonds is 15. The molecule has 18 heteroatoms. The van der Waals surface area contributed by atoms with E-state index < -0.39 is 11.7 Å². The minimum atomic E-state index is -0.616. The van der Waals surface area contributed by atoms with E-state index in [2.05, 4.69) is 35.9 Å². The topological polar surface area (TPSA) is 199 Å². The molecule has 6 aromatic rings. The molecule has 3 amide bonds. The molecule has 0 saturated carbocycles. The van der Waals surface area contributed by atoms with Crippen molar-refractivity contribution < 1.29 is 28.6 Å². The zero-order valence-electron chi connectivity index (χ0n) is 40.0. The Morgan fingerprint density at radius 3 is 1.56 bits per heavy atom. The first-order chi connectivity index (χ1) is 33.8. The number of nitrogens with zero attached hydrogens (tertiary/aromatic N) is 6. The summed E-state index contributed by atoms with van der Waals surface area (Å²) in [6.07, 6.45) is 4.29. The monoisotopic (exact) mass is 990 g/mol. The summed E-state index contributed by atoms with van der Waals surface area (Å²) in [5.74, 6) is 3.07. The van der Waals surface area contributed by atoms with E-state index in [4.69, 9.17) is 43.1 Å². The average molecular weight is 992 g/mol. The normalized spacial score (nSPS) is 12.9. The highest BCUT2D eigenvalue weighted by Gasteiger charge is 2.25. The molecule has 2 aromatic heterocycles. The number of fused-ring (bicyclic) bond motifs is 2. The average Bonchev–Trinajstić information content (AvgIpc) is 4.04. The van der Waals surface area contributed by atoms with Gasteiger partial charge in [-0.25, -0.2) is 14.8 Å². The van der Waals surface area contributed by atoms with Crippen LogP contribution in [-0.4, -0.2) is 88.2 Å². The van der Waals surface area contributed by atoms with Gasteiger partial charge in [0.1, 0.15) is 28.7 Å². The van der Waals surface area contributed by atoms with Gasteiger partial charge in [-0.05, 0) is 105 Å². The summed E-state index contributed by atoms with van der Waals surface area (Å²) in [6.45, 7) is 11.8. The van der Waals surface area contributed by atoms with Crippen molar-refractivity contribution in [1.29, 1.82) is 0 Å². The number of nitrogens with two attached hydrogens (primary N) is 1. The molecule has 0 saturated heterocycles. The van der Waals surface area contributed by atoms with Crippen LogP contribution in [0.15, 0.2) is 122 Å². The molecule has 4 heterocycles. The van der Waals surface area contributed by atoms with Gasteiger partial charge in [-0.3, -0.25) is 19.4 Å². The first-order valence-electron chi connectivity index (χ1n) is 23.0. The number of benzene rings is 4. The van der Waals surface area contributed by atoms with Crippen molar-refractivity contribution in [1.82, 2.24) is 25.3 Å². The van der Waals surface area contributed by atoms with Gasteiger partial charge < -0.3 is 35.9 Å². The van der Waals surface area contributed by atoms with Crippen molar-refractivity contribution in [3.63, 3.8) is 0 Å². The number of carbonyl (C=O) groups is 3. The van der Waals surface area contributed by atoms with Crippen molar-refractivity contribution in [2.24, 2.45) is 5.73 Å². The predicted molar refractivity (Wildman–Crippen MR) is 276 cm³/mol. The molecule has 4 aromatic carbocycles. The van der Waals surface area contributed by atoms with Crippen LogP contribution in [0.1, 0.15) is 89.7 Å². The van der Waals surface area contributed by atoms with E-state index in [0.717, 1.165) is 46.6 Å². The van der Waals surface area contributed by atoms with Gasteiger partial charge in [0.15, 0.2) is 0 Å². The van der Waals surface area contributed by atoms with Crippen molar-refractivity contribution in [3.8, 4) is 11.5 Å². The van der Waals surface area contributed by atoms with Crippen LogP contribution in [0.25, 0.3) is 0 Å². The second-order valence-electron chi connectivity index (χ2n) is 17.1. The van der Waals surface area contributed by atoms with Crippen molar-refractivity contribution in [2.75, 3.05) is 65.2 Å². The maximum atomic E-state index is 13.7. The number of aromatic nitrogens is 4. The predicted octanol–water partition coefficient (Wildman–Crippen LogP) is 9.37. The Morgan fingerprint density at radius 2 is 1.13 bits per heavy atom. The molecule has 0 unspecified atom stereocenters. The minimum absolute atomic E-state index is 0.0248. The molecule has 8 rings (SSSR count). The second kappa shape index (κ2) is 25.6. The van der Waals surface area contributed by atoms with Gasteiger partial charge in [-0.1, -0.05) is 60.7 Å². The molecule has 0 fully saturated rings. The smallest absolute Gasteiger partial charge is 0.407 e. The van der Waals surface area contributed by atoms with Gasteiger partial charge in [-0.2, -0.15) is 9.97 Å². The highest BCUT2D eigenvalue weighted by Crippen LogP contribution is 2.29. The maximum Gasteiger partial charge on any atom is 0.407 e. The zero-order valence-corrected chi connectivity index (χ0v) is 41.5. The van der Waals surface area contributed by atoms with Crippen molar-refractivity contribution in [2.45, 2.75) is 65.1 Å². The molecule has 5 N–H and O–H groups in total. The van der Waals surface area contributed by atoms with E-state index in [1.54, 1.807) is 62.3 Å². The highest BCUT2D eigenvalue weighted by molar-refractivity contribution is 6.40. The molecule has 0 aliphatic carbocycles. The number of alkyl halides is 2. The molecule has 70 heavy (non-hydrogen) atoms. The molecular weight excluding hydrogens is 932 g/mol. The van der Waals surface area contributed by atoms with Crippen LogP contribution in [0.4, 0.5) is 28.3 Å². The third-order valence-corrected chi connectivity index (χ3v) is 10.8. The summed E-state index contributed by atoms with van der Waals surface area (Å²) in [5.41, 5.74) is 10.6. The third kappa shape index (κ3) is 15.0. The lowest BCUT2D eigenvalue weighted by molar-refractivity contribution is 0.0528. The number of nitrogens with one attached hydrogen (secondary N) is 3.